The van der Waals surface area contributed by atoms with Crippen molar-refractivity contribution in [3.8, 4) is 0 Å². The monoisotopic (exact) mass is 406 g/mol. The van der Waals surface area contributed by atoms with E-state index in [9.17, 15) is 19.6 Å². The van der Waals surface area contributed by atoms with Gasteiger partial charge in [-0.15, -0.1) is 5.10 Å². The van der Waals surface area contributed by atoms with Crippen molar-refractivity contribution in [1.29, 1.82) is 0 Å². The molecule has 1 aliphatic carbocycles. The van der Waals surface area contributed by atoms with Crippen molar-refractivity contribution >= 4 is 24.8 Å². The molecule has 0 aromatic carbocycles. The number of aromatic nitrogens is 2. The van der Waals surface area contributed by atoms with Gasteiger partial charge in [-0.25, -0.2) is 0 Å². The van der Waals surface area contributed by atoms with Crippen LogP contribution in [0.15, 0.2) is 4.42 Å². The molecule has 0 bridgehead atoms. The zero-order valence-electron chi connectivity index (χ0n) is 17.4. The molecule has 3 atom stereocenters. The van der Waals surface area contributed by atoms with E-state index in [0.29, 0.717) is 43.6 Å². The first kappa shape index (κ1) is 21.8. The summed E-state index contributed by atoms with van der Waals surface area (Å²) in [5, 5.41) is 29.8. The highest BCUT2D eigenvalue weighted by Crippen LogP contribution is 2.37. The molecule has 0 unspecified atom stereocenters. The van der Waals surface area contributed by atoms with E-state index in [1.165, 1.54) is 0 Å². The van der Waals surface area contributed by atoms with Gasteiger partial charge >= 0.3 is 13.1 Å². The fraction of sp³-hybridized carbons (Fsp3) is 0.789. The molecular formula is C19H31BN4O5. The Morgan fingerprint density at radius 1 is 1.28 bits per heavy atom. The molecule has 1 amide bonds. The Hall–Kier alpha value is -1.94. The van der Waals surface area contributed by atoms with Gasteiger partial charge in [0, 0.05) is 25.8 Å². The van der Waals surface area contributed by atoms with Gasteiger partial charge in [0.25, 0.3) is 0 Å². The van der Waals surface area contributed by atoms with Crippen LogP contribution in [0.3, 0.4) is 0 Å². The highest BCUT2D eigenvalue weighted by molar-refractivity contribution is 6.43. The normalized spacial score (nSPS) is 20.9. The van der Waals surface area contributed by atoms with Crippen molar-refractivity contribution < 1.29 is 24.1 Å². The number of ketones is 1. The second-order valence-corrected chi connectivity index (χ2v) is 8.81. The Bertz CT molecular complexity index is 721. The molecule has 3 rings (SSSR count). The van der Waals surface area contributed by atoms with Gasteiger partial charge in [0.05, 0.1) is 12.0 Å². The quantitative estimate of drug-likeness (QED) is 0.462. The topological polar surface area (TPSA) is 129 Å². The minimum absolute atomic E-state index is 0.0159. The Morgan fingerprint density at radius 2 is 2.00 bits per heavy atom. The molecular weight excluding hydrogens is 375 g/mol. The van der Waals surface area contributed by atoms with Crippen molar-refractivity contribution in [2.75, 3.05) is 11.4 Å². The van der Waals surface area contributed by atoms with Crippen LogP contribution in [0.1, 0.15) is 58.3 Å². The number of nitrogens with zero attached hydrogens (tertiary/aromatic N) is 3. The van der Waals surface area contributed by atoms with Crippen LogP contribution >= 0.6 is 0 Å². The number of hydrogen-bond acceptors (Lipinski definition) is 8. The molecule has 1 saturated carbocycles. The number of hydrogen-bond donors (Lipinski definition) is 3. The summed E-state index contributed by atoms with van der Waals surface area (Å²) in [5.74, 6) is -0.371. The van der Waals surface area contributed by atoms with E-state index in [0.717, 1.165) is 12.8 Å². The molecule has 0 radical (unpaired) electrons. The van der Waals surface area contributed by atoms with Crippen molar-refractivity contribution in [3.05, 3.63) is 5.89 Å². The largest absolute Gasteiger partial charge is 0.475 e. The first-order valence-corrected chi connectivity index (χ1v) is 10.5. The van der Waals surface area contributed by atoms with Crippen LogP contribution in [0, 0.1) is 24.7 Å². The van der Waals surface area contributed by atoms with E-state index in [1.54, 1.807) is 11.8 Å². The smallest absolute Gasteiger partial charge is 0.426 e. The first-order valence-electron chi connectivity index (χ1n) is 10.5. The predicted molar refractivity (Wildman–Crippen MR) is 107 cm³/mol. The van der Waals surface area contributed by atoms with Crippen LogP contribution in [0.4, 0.5) is 6.01 Å². The molecule has 1 aliphatic heterocycles. The van der Waals surface area contributed by atoms with Gasteiger partial charge in [-0.05, 0) is 31.1 Å². The number of anilines is 1. The number of aryl methyl sites for hydroxylation is 1. The number of Topliss-reactive ketones (excluding diaryl/α,β-unsaturated/α-hetero) is 1. The lowest BCUT2D eigenvalue weighted by Gasteiger charge is -2.38. The molecule has 2 heterocycles. The van der Waals surface area contributed by atoms with Crippen LogP contribution < -0.4 is 10.2 Å². The molecule has 160 valence electrons. The zero-order valence-corrected chi connectivity index (χ0v) is 17.4. The number of amides is 1. The summed E-state index contributed by atoms with van der Waals surface area (Å²) in [6.45, 7) is 6.28. The first-order chi connectivity index (χ1) is 13.7. The van der Waals surface area contributed by atoms with E-state index in [2.05, 4.69) is 15.5 Å². The standard InChI is InChI=1S/C19H31BN4O5/c1-11(2)8-17(20(27)28)21-18(26)14(9-13-4-5-13)10-16(25)15-6-7-24(15)19-23-22-12(3)29-19/h11,13-15,17,27-28H,4-10H2,1-3H3,(H,21,26)/t14-,15+,17-/m1/s1. The Balaban J connectivity index is 1.62. The summed E-state index contributed by atoms with van der Waals surface area (Å²) < 4.78 is 5.43. The van der Waals surface area contributed by atoms with Crippen LogP contribution in [-0.4, -0.2) is 57.6 Å². The lowest BCUT2D eigenvalue weighted by Crippen LogP contribution is -2.54. The summed E-state index contributed by atoms with van der Waals surface area (Å²) in [5.41, 5.74) is 0. The number of nitrogens with one attached hydrogen (secondary N) is 1. The van der Waals surface area contributed by atoms with Gasteiger partial charge in [0.2, 0.25) is 11.8 Å². The lowest BCUT2D eigenvalue weighted by atomic mass is 9.74. The molecule has 10 heteroatoms. The average Bonchev–Trinajstić information content (AvgIpc) is 3.32. The fourth-order valence-corrected chi connectivity index (χ4v) is 3.83. The van der Waals surface area contributed by atoms with Gasteiger partial charge < -0.3 is 24.7 Å². The molecule has 29 heavy (non-hydrogen) atoms. The van der Waals surface area contributed by atoms with E-state index in [1.807, 2.05) is 13.8 Å². The van der Waals surface area contributed by atoms with E-state index in [4.69, 9.17) is 4.42 Å². The van der Waals surface area contributed by atoms with E-state index < -0.39 is 19.0 Å². The van der Waals surface area contributed by atoms with Gasteiger partial charge in [-0.2, -0.15) is 0 Å². The van der Waals surface area contributed by atoms with Crippen LogP contribution in [0.2, 0.25) is 0 Å². The minimum Gasteiger partial charge on any atom is -0.426 e. The molecule has 9 nitrogen and oxygen atoms in total. The van der Waals surface area contributed by atoms with Crippen LogP contribution in [0.25, 0.3) is 0 Å². The Kier molecular flexibility index (Phi) is 6.95. The van der Waals surface area contributed by atoms with Crippen molar-refractivity contribution in [3.63, 3.8) is 0 Å². The van der Waals surface area contributed by atoms with Crippen LogP contribution in [-0.2, 0) is 9.59 Å². The van der Waals surface area contributed by atoms with Crippen molar-refractivity contribution in [2.24, 2.45) is 17.8 Å². The molecule has 2 aliphatic rings. The van der Waals surface area contributed by atoms with Gasteiger partial charge in [0.15, 0.2) is 5.78 Å². The third-order valence-electron chi connectivity index (χ3n) is 5.70. The van der Waals surface area contributed by atoms with Crippen molar-refractivity contribution in [2.45, 2.75) is 71.3 Å². The summed E-state index contributed by atoms with van der Waals surface area (Å²) in [4.78, 5) is 27.6. The molecule has 1 aromatic rings. The molecule has 1 aromatic heterocycles. The third kappa shape index (κ3) is 5.79. The summed E-state index contributed by atoms with van der Waals surface area (Å²) >= 11 is 0. The molecule has 2 fully saturated rings. The predicted octanol–water partition coefficient (Wildman–Crippen LogP) is 0.875. The average molecular weight is 406 g/mol. The minimum atomic E-state index is -1.62. The van der Waals surface area contributed by atoms with Crippen molar-refractivity contribution in [1.82, 2.24) is 15.5 Å². The number of rotatable bonds is 11. The zero-order chi connectivity index (χ0) is 21.1. The van der Waals surface area contributed by atoms with Crippen LogP contribution in [0.5, 0.6) is 0 Å². The van der Waals surface area contributed by atoms with E-state index in [-0.39, 0.29) is 30.1 Å². The number of carbonyl (C=O) groups is 2. The summed E-state index contributed by atoms with van der Waals surface area (Å²) in [7, 11) is -1.62. The highest BCUT2D eigenvalue weighted by atomic mass is 16.4. The third-order valence-corrected chi connectivity index (χ3v) is 5.70. The highest BCUT2D eigenvalue weighted by Gasteiger charge is 2.40. The number of carbonyl (C=O) groups excluding carboxylic acids is 2. The molecule has 0 spiro atoms. The second kappa shape index (κ2) is 9.25. The Morgan fingerprint density at radius 3 is 2.48 bits per heavy atom. The fourth-order valence-electron chi connectivity index (χ4n) is 3.83. The maximum absolute atomic E-state index is 12.9. The summed E-state index contributed by atoms with van der Waals surface area (Å²) in [6, 6.07) is -0.00468. The maximum atomic E-state index is 12.9. The molecule has 1 saturated heterocycles. The SMILES string of the molecule is Cc1nnc(N2CC[C@H]2C(=O)C[C@@H](CC2CC2)C(=O)N[C@H](CC(C)C)B(O)O)o1. The Labute approximate surface area is 171 Å². The van der Waals surface area contributed by atoms with E-state index >= 15 is 0 Å². The van der Waals surface area contributed by atoms with Gasteiger partial charge in [-0.1, -0.05) is 31.8 Å². The lowest BCUT2D eigenvalue weighted by molar-refractivity contribution is -0.131. The van der Waals surface area contributed by atoms with Gasteiger partial charge in [0.1, 0.15) is 0 Å². The maximum Gasteiger partial charge on any atom is 0.475 e. The molecule has 3 N–H and O–H groups in total. The second-order valence-electron chi connectivity index (χ2n) is 8.81. The summed E-state index contributed by atoms with van der Waals surface area (Å²) in [6.07, 6.45) is 4.09. The van der Waals surface area contributed by atoms with Gasteiger partial charge in [-0.3, -0.25) is 9.59 Å².